The van der Waals surface area contributed by atoms with E-state index in [-0.39, 0.29) is 17.7 Å². The van der Waals surface area contributed by atoms with Crippen LogP contribution in [-0.2, 0) is 9.59 Å². The number of aliphatic carboxylic acids is 1. The molecule has 0 spiro atoms. The van der Waals surface area contributed by atoms with E-state index >= 15 is 0 Å². The summed E-state index contributed by atoms with van der Waals surface area (Å²) in [5.74, 6) is -2.23. The van der Waals surface area contributed by atoms with E-state index in [2.05, 4.69) is 10.6 Å². The molecule has 2 unspecified atom stereocenters. The molecule has 2 atom stereocenters. The van der Waals surface area contributed by atoms with Crippen molar-refractivity contribution in [3.63, 3.8) is 0 Å². The molecule has 0 aliphatic carbocycles. The SMILES string of the molecule is CC(CC(=O)O)NC(=O)C(C)NC(=O)c1cccc([N+](=O)[O-])c1. The van der Waals surface area contributed by atoms with E-state index in [4.69, 9.17) is 5.11 Å². The topological polar surface area (TPSA) is 139 Å². The molecule has 0 saturated heterocycles. The van der Waals surface area contributed by atoms with Crippen LogP contribution in [-0.4, -0.2) is 39.9 Å². The molecule has 0 aliphatic heterocycles. The van der Waals surface area contributed by atoms with Crippen molar-refractivity contribution >= 4 is 23.5 Å². The first-order valence-corrected chi connectivity index (χ1v) is 6.78. The molecule has 3 N–H and O–H groups in total. The Labute approximate surface area is 131 Å². The van der Waals surface area contributed by atoms with Crippen LogP contribution >= 0.6 is 0 Å². The van der Waals surface area contributed by atoms with Crippen LogP contribution in [0.25, 0.3) is 0 Å². The number of rotatable bonds is 7. The van der Waals surface area contributed by atoms with E-state index in [0.29, 0.717) is 0 Å². The van der Waals surface area contributed by atoms with Crippen LogP contribution in [0.2, 0.25) is 0 Å². The number of nitrogens with one attached hydrogen (secondary N) is 2. The standard InChI is InChI=1S/C14H17N3O6/c1-8(6-12(18)19)15-13(20)9(2)16-14(21)10-4-3-5-11(7-10)17(22)23/h3-5,7-9H,6H2,1-2H3,(H,15,20)(H,16,21)(H,18,19). The number of hydrogen-bond donors (Lipinski definition) is 3. The van der Waals surface area contributed by atoms with E-state index in [9.17, 15) is 24.5 Å². The van der Waals surface area contributed by atoms with Gasteiger partial charge in [0, 0.05) is 23.7 Å². The zero-order chi connectivity index (χ0) is 17.6. The number of non-ortho nitro benzene ring substituents is 1. The number of carboxylic acid groups (broad SMARTS) is 1. The number of benzene rings is 1. The van der Waals surface area contributed by atoms with Gasteiger partial charge in [0.15, 0.2) is 0 Å². The zero-order valence-corrected chi connectivity index (χ0v) is 12.6. The summed E-state index contributed by atoms with van der Waals surface area (Å²) < 4.78 is 0. The predicted molar refractivity (Wildman–Crippen MR) is 79.9 cm³/mol. The smallest absolute Gasteiger partial charge is 0.305 e. The van der Waals surface area contributed by atoms with Crippen LogP contribution in [0, 0.1) is 10.1 Å². The van der Waals surface area contributed by atoms with Crippen LogP contribution in [0.5, 0.6) is 0 Å². The first kappa shape index (κ1) is 18.1. The number of hydrogen-bond acceptors (Lipinski definition) is 5. The lowest BCUT2D eigenvalue weighted by Gasteiger charge is -2.17. The Morgan fingerprint density at radius 3 is 2.48 bits per heavy atom. The summed E-state index contributed by atoms with van der Waals surface area (Å²) in [6.07, 6.45) is -0.239. The van der Waals surface area contributed by atoms with Gasteiger partial charge in [-0.15, -0.1) is 0 Å². The highest BCUT2D eigenvalue weighted by atomic mass is 16.6. The zero-order valence-electron chi connectivity index (χ0n) is 12.6. The average molecular weight is 323 g/mol. The van der Waals surface area contributed by atoms with E-state index in [0.717, 1.165) is 6.07 Å². The summed E-state index contributed by atoms with van der Waals surface area (Å²) >= 11 is 0. The molecule has 1 rings (SSSR count). The fourth-order valence-electron chi connectivity index (χ4n) is 1.79. The summed E-state index contributed by atoms with van der Waals surface area (Å²) in [7, 11) is 0. The lowest BCUT2D eigenvalue weighted by Crippen LogP contribution is -2.47. The fraction of sp³-hybridized carbons (Fsp3) is 0.357. The third kappa shape index (κ3) is 5.73. The maximum absolute atomic E-state index is 12.0. The van der Waals surface area contributed by atoms with Crippen molar-refractivity contribution in [2.75, 3.05) is 0 Å². The van der Waals surface area contributed by atoms with Gasteiger partial charge in [-0.25, -0.2) is 0 Å². The molecule has 1 aromatic rings. The molecular weight excluding hydrogens is 306 g/mol. The Morgan fingerprint density at radius 2 is 1.91 bits per heavy atom. The monoisotopic (exact) mass is 323 g/mol. The molecule has 0 radical (unpaired) electrons. The van der Waals surface area contributed by atoms with Gasteiger partial charge in [-0.05, 0) is 19.9 Å². The summed E-state index contributed by atoms with van der Waals surface area (Å²) in [6.45, 7) is 2.96. The molecular formula is C14H17N3O6. The second kappa shape index (κ2) is 7.87. The number of nitro groups is 1. The van der Waals surface area contributed by atoms with Gasteiger partial charge >= 0.3 is 5.97 Å². The number of carbonyl (C=O) groups is 3. The fourth-order valence-corrected chi connectivity index (χ4v) is 1.79. The van der Waals surface area contributed by atoms with Crippen molar-refractivity contribution in [3.8, 4) is 0 Å². The molecule has 2 amide bonds. The Morgan fingerprint density at radius 1 is 1.26 bits per heavy atom. The molecule has 1 aromatic carbocycles. The van der Waals surface area contributed by atoms with Crippen molar-refractivity contribution in [1.82, 2.24) is 10.6 Å². The molecule has 0 heterocycles. The summed E-state index contributed by atoms with van der Waals surface area (Å²) in [6, 6.07) is 3.61. The minimum Gasteiger partial charge on any atom is -0.481 e. The molecule has 0 aromatic heterocycles. The predicted octanol–water partition coefficient (Wildman–Crippen LogP) is 0.693. The molecule has 0 bridgehead atoms. The summed E-state index contributed by atoms with van der Waals surface area (Å²) in [4.78, 5) is 44.4. The maximum Gasteiger partial charge on any atom is 0.305 e. The molecule has 124 valence electrons. The van der Waals surface area contributed by atoms with E-state index in [1.807, 2.05) is 0 Å². The molecule has 9 heteroatoms. The number of carbonyl (C=O) groups excluding carboxylic acids is 2. The third-order valence-corrected chi connectivity index (χ3v) is 2.93. The summed E-state index contributed by atoms with van der Waals surface area (Å²) in [5.41, 5.74) is -0.178. The normalized spacial score (nSPS) is 12.8. The highest BCUT2D eigenvalue weighted by Crippen LogP contribution is 2.13. The second-order valence-corrected chi connectivity index (χ2v) is 5.01. The van der Waals surface area contributed by atoms with Crippen LogP contribution in [0.1, 0.15) is 30.6 Å². The maximum atomic E-state index is 12.0. The molecule has 9 nitrogen and oxygen atoms in total. The quantitative estimate of drug-likeness (QED) is 0.498. The Balaban J connectivity index is 2.65. The van der Waals surface area contributed by atoms with Gasteiger partial charge in [-0.2, -0.15) is 0 Å². The number of nitro benzene ring substituents is 1. The van der Waals surface area contributed by atoms with E-state index in [1.165, 1.54) is 32.0 Å². The Hall–Kier alpha value is -2.97. The molecule has 0 fully saturated rings. The average Bonchev–Trinajstić information content (AvgIpc) is 2.46. The van der Waals surface area contributed by atoms with Crippen molar-refractivity contribution in [2.24, 2.45) is 0 Å². The largest absolute Gasteiger partial charge is 0.481 e. The van der Waals surface area contributed by atoms with Gasteiger partial charge < -0.3 is 15.7 Å². The van der Waals surface area contributed by atoms with Crippen molar-refractivity contribution in [1.29, 1.82) is 0 Å². The lowest BCUT2D eigenvalue weighted by atomic mass is 10.1. The van der Waals surface area contributed by atoms with Crippen molar-refractivity contribution < 1.29 is 24.4 Å². The van der Waals surface area contributed by atoms with Gasteiger partial charge in [0.1, 0.15) is 6.04 Å². The lowest BCUT2D eigenvalue weighted by molar-refractivity contribution is -0.384. The van der Waals surface area contributed by atoms with Gasteiger partial charge in [-0.3, -0.25) is 24.5 Å². The van der Waals surface area contributed by atoms with Gasteiger partial charge in [0.2, 0.25) is 5.91 Å². The third-order valence-electron chi connectivity index (χ3n) is 2.93. The molecule has 0 aliphatic rings. The van der Waals surface area contributed by atoms with Crippen LogP contribution in [0.4, 0.5) is 5.69 Å². The van der Waals surface area contributed by atoms with Crippen LogP contribution < -0.4 is 10.6 Å². The first-order chi connectivity index (χ1) is 10.7. The molecule has 23 heavy (non-hydrogen) atoms. The Kier molecular flexibility index (Phi) is 6.19. The van der Waals surface area contributed by atoms with Crippen LogP contribution in [0.15, 0.2) is 24.3 Å². The van der Waals surface area contributed by atoms with Crippen molar-refractivity contribution in [3.05, 3.63) is 39.9 Å². The minimum atomic E-state index is -1.05. The van der Waals surface area contributed by atoms with Gasteiger partial charge in [0.25, 0.3) is 11.6 Å². The van der Waals surface area contributed by atoms with Gasteiger partial charge in [0.05, 0.1) is 11.3 Å². The van der Waals surface area contributed by atoms with Gasteiger partial charge in [-0.1, -0.05) is 6.07 Å². The minimum absolute atomic E-state index is 0.0532. The number of amides is 2. The van der Waals surface area contributed by atoms with Crippen LogP contribution in [0.3, 0.4) is 0 Å². The number of nitrogens with zero attached hydrogens (tertiary/aromatic N) is 1. The van der Waals surface area contributed by atoms with E-state index < -0.39 is 34.8 Å². The number of carboxylic acids is 1. The summed E-state index contributed by atoms with van der Waals surface area (Å²) in [5, 5.41) is 24.2. The van der Waals surface area contributed by atoms with Crippen molar-refractivity contribution in [2.45, 2.75) is 32.4 Å². The highest BCUT2D eigenvalue weighted by Gasteiger charge is 2.20. The Bertz CT molecular complexity index is 631. The second-order valence-electron chi connectivity index (χ2n) is 5.01. The molecule has 0 saturated carbocycles. The first-order valence-electron chi connectivity index (χ1n) is 6.78. The van der Waals surface area contributed by atoms with E-state index in [1.54, 1.807) is 0 Å². The highest BCUT2D eigenvalue weighted by molar-refractivity contribution is 5.97.